The molecular weight excluding hydrogens is 265 g/mol. The van der Waals surface area contributed by atoms with Crippen LogP contribution in [0.3, 0.4) is 0 Å². The Hall–Kier alpha value is -0.830. The maximum atomic E-state index is 9.07. The van der Waals surface area contributed by atoms with Gasteiger partial charge in [-0.3, -0.25) is 0 Å². The van der Waals surface area contributed by atoms with Gasteiger partial charge in [0.1, 0.15) is 19.8 Å². The van der Waals surface area contributed by atoms with Crippen LogP contribution < -0.4 is 28.8 Å². The first-order chi connectivity index (χ1) is 7.09. The number of halogens is 2. The van der Waals surface area contributed by atoms with Crippen molar-refractivity contribution in [3.05, 3.63) is 22.9 Å². The lowest BCUT2D eigenvalue weighted by molar-refractivity contribution is -2.00. The lowest BCUT2D eigenvalue weighted by Crippen LogP contribution is -2.68. The second-order valence-electron chi connectivity index (χ2n) is 2.73. The molecule has 0 radical (unpaired) electrons. The van der Waals surface area contributed by atoms with Crippen LogP contribution in [0.2, 0.25) is 5.22 Å². The fourth-order valence-corrected chi connectivity index (χ4v) is 0.854. The molecule has 1 aromatic heterocycles. The van der Waals surface area contributed by atoms with Gasteiger partial charge in [-0.05, 0) is 11.6 Å². The molecule has 92 valence electrons. The van der Waals surface area contributed by atoms with Crippen molar-refractivity contribution >= 4 is 11.6 Å². The molecule has 0 atom stereocenters. The van der Waals surface area contributed by atoms with E-state index in [0.717, 1.165) is 0 Å². The predicted molar refractivity (Wildman–Crippen MR) is 42.5 cm³/mol. The van der Waals surface area contributed by atoms with E-state index in [1.807, 2.05) is 0 Å². The molecule has 1 rings (SSSR count). The van der Waals surface area contributed by atoms with Crippen molar-refractivity contribution < 1.29 is 38.4 Å². The van der Waals surface area contributed by atoms with Crippen molar-refractivity contribution in [2.75, 3.05) is 14.1 Å². The van der Waals surface area contributed by atoms with Crippen molar-refractivity contribution in [1.82, 2.24) is 4.58 Å². The van der Waals surface area contributed by atoms with Gasteiger partial charge in [-0.15, -0.1) is 10.2 Å². The summed E-state index contributed by atoms with van der Waals surface area (Å²) < 4.78 is 40.7. The van der Waals surface area contributed by atoms with Gasteiger partial charge < -0.3 is 9.52 Å². The fourth-order valence-electron chi connectivity index (χ4n) is 0.664. The zero-order chi connectivity index (χ0) is 12.9. The SMILES string of the molecule is C[N+](C)=c1cc(O)cc(Cl)o1.[O-][Cl+3]([O-])([O-])[O-]. The molecule has 0 amide bonds. The molecular formula is C7H9Cl2NO6. The molecule has 1 heterocycles. The molecule has 1 N–H and O–H groups in total. The first-order valence-corrected chi connectivity index (χ1v) is 5.32. The maximum Gasteiger partial charge on any atom is 0.372 e. The molecule has 0 fully saturated rings. The van der Waals surface area contributed by atoms with Gasteiger partial charge in [0.2, 0.25) is 5.22 Å². The highest BCUT2D eigenvalue weighted by Crippen LogP contribution is 2.11. The van der Waals surface area contributed by atoms with Crippen LogP contribution in [-0.4, -0.2) is 19.2 Å². The summed E-state index contributed by atoms with van der Waals surface area (Å²) in [4.78, 5) is 0. The maximum absolute atomic E-state index is 9.07. The summed E-state index contributed by atoms with van der Waals surface area (Å²) in [6.45, 7) is 0. The highest BCUT2D eigenvalue weighted by molar-refractivity contribution is 6.28. The molecule has 16 heavy (non-hydrogen) atoms. The predicted octanol–water partition coefficient (Wildman–Crippen LogP) is -4.09. The van der Waals surface area contributed by atoms with Crippen LogP contribution in [0.15, 0.2) is 16.5 Å². The number of nitrogens with zero attached hydrogens (tertiary/aromatic N) is 1. The Bertz CT molecular complexity index is 377. The second kappa shape index (κ2) is 6.04. The third-order valence-electron chi connectivity index (χ3n) is 1.18. The highest BCUT2D eigenvalue weighted by Gasteiger charge is 1.99. The van der Waals surface area contributed by atoms with Gasteiger partial charge in [0, 0.05) is 6.07 Å². The standard InChI is InChI=1S/C7H8ClNO2.ClHO4/c1-9(2)7-4-5(10)3-6(8)11-7;2-1(3,4)5/h3-4H,1-2H3;(H,2,3,4,5). The first kappa shape index (κ1) is 15.2. The Morgan fingerprint density at radius 3 is 2.00 bits per heavy atom. The van der Waals surface area contributed by atoms with Crippen LogP contribution in [0.25, 0.3) is 0 Å². The third kappa shape index (κ3) is 8.48. The summed E-state index contributed by atoms with van der Waals surface area (Å²) in [5.41, 5.74) is 0.523. The summed E-state index contributed by atoms with van der Waals surface area (Å²) in [5.74, 6) is 0.102. The topological polar surface area (TPSA) is 129 Å². The molecule has 9 heteroatoms. The third-order valence-corrected chi connectivity index (χ3v) is 1.36. The Morgan fingerprint density at radius 2 is 1.69 bits per heavy atom. The Morgan fingerprint density at radius 1 is 1.25 bits per heavy atom. The minimum Gasteiger partial charge on any atom is -0.507 e. The molecule has 0 unspecified atom stereocenters. The van der Waals surface area contributed by atoms with Crippen LogP contribution in [0, 0.1) is 10.2 Å². The summed E-state index contributed by atoms with van der Waals surface area (Å²) in [7, 11) is -1.34. The minimum absolute atomic E-state index is 0.102. The van der Waals surface area contributed by atoms with E-state index < -0.39 is 10.2 Å². The van der Waals surface area contributed by atoms with Crippen LogP contribution in [0.1, 0.15) is 0 Å². The number of hydrogen-bond acceptors (Lipinski definition) is 6. The van der Waals surface area contributed by atoms with Crippen molar-refractivity contribution in [3.63, 3.8) is 0 Å². The van der Waals surface area contributed by atoms with Crippen molar-refractivity contribution in [2.24, 2.45) is 0 Å². The van der Waals surface area contributed by atoms with E-state index in [9.17, 15) is 0 Å². The van der Waals surface area contributed by atoms with E-state index >= 15 is 0 Å². The van der Waals surface area contributed by atoms with Gasteiger partial charge in [-0.2, -0.15) is 0 Å². The van der Waals surface area contributed by atoms with Crippen LogP contribution >= 0.6 is 11.6 Å². The molecule has 1 aromatic rings. The minimum atomic E-state index is -4.94. The molecule has 0 bridgehead atoms. The average Bonchev–Trinajstić information content (AvgIpc) is 1.98. The summed E-state index contributed by atoms with van der Waals surface area (Å²) in [6, 6.07) is 2.83. The lowest BCUT2D eigenvalue weighted by Gasteiger charge is -2.17. The number of aromatic hydroxyl groups is 1. The van der Waals surface area contributed by atoms with Gasteiger partial charge in [0.05, 0.1) is 6.07 Å². The van der Waals surface area contributed by atoms with Crippen LogP contribution in [-0.2, 0) is 0 Å². The smallest absolute Gasteiger partial charge is 0.372 e. The normalized spacial score (nSPS) is 10.4. The highest BCUT2D eigenvalue weighted by atomic mass is 35.7. The van der Waals surface area contributed by atoms with Crippen LogP contribution in [0.4, 0.5) is 0 Å². The van der Waals surface area contributed by atoms with E-state index in [2.05, 4.69) is 0 Å². The van der Waals surface area contributed by atoms with Gasteiger partial charge in [0.25, 0.3) is 0 Å². The number of rotatable bonds is 0. The summed E-state index contributed by atoms with van der Waals surface area (Å²) in [6.07, 6.45) is 0. The molecule has 0 aliphatic rings. The van der Waals surface area contributed by atoms with E-state index in [0.29, 0.717) is 5.55 Å². The average molecular weight is 274 g/mol. The Labute approximate surface area is 97.8 Å². The molecule has 0 saturated carbocycles. The second-order valence-corrected chi connectivity index (χ2v) is 3.86. The van der Waals surface area contributed by atoms with Crippen molar-refractivity contribution in [3.8, 4) is 5.75 Å². The molecule has 0 aromatic carbocycles. The number of hydrogen-bond donors (Lipinski definition) is 1. The zero-order valence-electron chi connectivity index (χ0n) is 8.35. The molecule has 0 saturated heterocycles. The molecule has 0 aliphatic carbocycles. The quantitative estimate of drug-likeness (QED) is 0.479. The van der Waals surface area contributed by atoms with Gasteiger partial charge in [-0.25, -0.2) is 23.2 Å². The molecule has 0 aliphatic heterocycles. The van der Waals surface area contributed by atoms with Gasteiger partial charge >= 0.3 is 5.55 Å². The van der Waals surface area contributed by atoms with Gasteiger partial charge in [0.15, 0.2) is 0 Å². The van der Waals surface area contributed by atoms with Crippen molar-refractivity contribution in [2.45, 2.75) is 0 Å². The summed E-state index contributed by atoms with van der Waals surface area (Å²) >= 11 is 5.54. The van der Waals surface area contributed by atoms with Gasteiger partial charge in [-0.1, -0.05) is 0 Å². The molecule has 0 spiro atoms. The monoisotopic (exact) mass is 273 g/mol. The van der Waals surface area contributed by atoms with E-state index in [4.69, 9.17) is 39.8 Å². The van der Waals surface area contributed by atoms with E-state index in [1.165, 1.54) is 12.1 Å². The van der Waals surface area contributed by atoms with Crippen LogP contribution in [0.5, 0.6) is 5.75 Å². The lowest BCUT2D eigenvalue weighted by atomic mass is 10.5. The Balaban J connectivity index is 0.000000385. The largest absolute Gasteiger partial charge is 0.507 e. The summed E-state index contributed by atoms with van der Waals surface area (Å²) in [5, 5.41) is 9.25. The molecule has 7 nitrogen and oxygen atoms in total. The first-order valence-electron chi connectivity index (χ1n) is 3.71. The Kier molecular flexibility index (Phi) is 5.73. The van der Waals surface area contributed by atoms with E-state index in [1.54, 1.807) is 18.7 Å². The van der Waals surface area contributed by atoms with Crippen molar-refractivity contribution in [1.29, 1.82) is 0 Å². The fraction of sp³-hybridized carbons (Fsp3) is 0.286. The van der Waals surface area contributed by atoms with E-state index in [-0.39, 0.29) is 11.0 Å². The zero-order valence-corrected chi connectivity index (χ0v) is 9.86.